The molecule has 2 aromatic rings. The van der Waals surface area contributed by atoms with Gasteiger partial charge in [0.05, 0.1) is 17.1 Å². The van der Waals surface area contributed by atoms with E-state index in [1.165, 1.54) is 32.1 Å². The van der Waals surface area contributed by atoms with E-state index in [-0.39, 0.29) is 0 Å². The molecule has 6 rings (SSSR count). The molecule has 4 saturated carbocycles. The lowest BCUT2D eigenvalue weighted by Gasteiger charge is -2.55. The molecule has 3 heteroatoms. The van der Waals surface area contributed by atoms with Crippen molar-refractivity contribution in [3.63, 3.8) is 0 Å². The minimum atomic E-state index is 0.333. The van der Waals surface area contributed by atoms with E-state index in [1.54, 1.807) is 0 Å². The van der Waals surface area contributed by atoms with Gasteiger partial charge in [0.1, 0.15) is 5.82 Å². The highest BCUT2D eigenvalue weighted by Gasteiger charge is 2.48. The summed E-state index contributed by atoms with van der Waals surface area (Å²) in [4.78, 5) is 8.48. The summed E-state index contributed by atoms with van der Waals surface area (Å²) in [7, 11) is 0. The third-order valence-corrected chi connectivity index (χ3v) is 6.97. The number of nitrogens with zero attached hydrogens (tertiary/aromatic N) is 1. The Kier molecular flexibility index (Phi) is 3.48. The van der Waals surface area contributed by atoms with Gasteiger partial charge in [0.25, 0.3) is 0 Å². The van der Waals surface area contributed by atoms with Gasteiger partial charge in [-0.3, -0.25) is 0 Å². The van der Waals surface area contributed by atoms with Gasteiger partial charge in [0, 0.05) is 6.04 Å². The van der Waals surface area contributed by atoms with Crippen LogP contribution in [0.5, 0.6) is 0 Å². The number of para-hydroxylation sites is 2. The van der Waals surface area contributed by atoms with Crippen molar-refractivity contribution in [2.45, 2.75) is 58.0 Å². The van der Waals surface area contributed by atoms with Crippen LogP contribution in [0.2, 0.25) is 0 Å². The van der Waals surface area contributed by atoms with Gasteiger partial charge in [-0.05, 0) is 73.8 Å². The van der Waals surface area contributed by atoms with Gasteiger partial charge in [-0.15, -0.1) is 0 Å². The third-order valence-electron chi connectivity index (χ3n) is 6.97. The smallest absolute Gasteiger partial charge is 0.124 e. The molecule has 1 heterocycles. The summed E-state index contributed by atoms with van der Waals surface area (Å²) in [5.74, 6) is 5.56. The summed E-state index contributed by atoms with van der Waals surface area (Å²) in [6.07, 6.45) is 7.40. The number of benzene rings is 1. The fraction of sp³-hybridized carbons (Fsp3) is 0.667. The normalized spacial score (nSPS) is 35.9. The molecular formula is C21H29N3. The Bertz CT molecular complexity index is 671. The van der Waals surface area contributed by atoms with Crippen LogP contribution in [-0.4, -0.2) is 16.0 Å². The molecule has 0 aliphatic heterocycles. The first-order valence-corrected chi connectivity index (χ1v) is 9.88. The van der Waals surface area contributed by atoms with Crippen LogP contribution in [0.1, 0.15) is 57.8 Å². The fourth-order valence-electron chi connectivity index (χ4n) is 6.11. The Morgan fingerprint density at radius 2 is 1.67 bits per heavy atom. The summed E-state index contributed by atoms with van der Waals surface area (Å²) in [6, 6.07) is 9.43. The van der Waals surface area contributed by atoms with Crippen LogP contribution in [0.3, 0.4) is 0 Å². The third kappa shape index (κ3) is 2.40. The number of aromatic amines is 1. The van der Waals surface area contributed by atoms with Crippen LogP contribution in [0.15, 0.2) is 24.3 Å². The van der Waals surface area contributed by atoms with E-state index in [4.69, 9.17) is 4.98 Å². The average Bonchev–Trinajstić information content (AvgIpc) is 2.96. The van der Waals surface area contributed by atoms with Crippen molar-refractivity contribution < 1.29 is 0 Å². The van der Waals surface area contributed by atoms with Crippen LogP contribution in [0.25, 0.3) is 11.0 Å². The topological polar surface area (TPSA) is 40.7 Å². The monoisotopic (exact) mass is 323 g/mol. The number of aromatic nitrogens is 2. The summed E-state index contributed by atoms with van der Waals surface area (Å²) in [5, 5.41) is 4.08. The molecule has 4 aliphatic rings. The fourth-order valence-corrected chi connectivity index (χ4v) is 6.11. The molecule has 24 heavy (non-hydrogen) atoms. The van der Waals surface area contributed by atoms with Crippen LogP contribution in [0, 0.1) is 29.6 Å². The van der Waals surface area contributed by atoms with Gasteiger partial charge >= 0.3 is 0 Å². The highest BCUT2D eigenvalue weighted by molar-refractivity contribution is 5.74. The first-order valence-electron chi connectivity index (χ1n) is 9.88. The summed E-state index contributed by atoms with van der Waals surface area (Å²) < 4.78 is 0. The number of H-pyrrole nitrogens is 1. The van der Waals surface area contributed by atoms with Gasteiger partial charge in [0.15, 0.2) is 0 Å². The Morgan fingerprint density at radius 1 is 1.00 bits per heavy atom. The van der Waals surface area contributed by atoms with Crippen LogP contribution < -0.4 is 5.32 Å². The largest absolute Gasteiger partial charge is 0.341 e. The molecule has 1 aromatic heterocycles. The van der Waals surface area contributed by atoms with E-state index in [0.717, 1.165) is 40.5 Å². The highest BCUT2D eigenvalue weighted by Crippen LogP contribution is 2.54. The van der Waals surface area contributed by atoms with Gasteiger partial charge in [-0.2, -0.15) is 0 Å². The lowest BCUT2D eigenvalue weighted by molar-refractivity contribution is -0.0202. The van der Waals surface area contributed by atoms with E-state index in [9.17, 15) is 0 Å². The van der Waals surface area contributed by atoms with Crippen molar-refractivity contribution in [1.29, 1.82) is 0 Å². The predicted octanol–water partition coefficient (Wildman–Crippen LogP) is 4.67. The minimum absolute atomic E-state index is 0.333. The van der Waals surface area contributed by atoms with Crippen molar-refractivity contribution in [3.05, 3.63) is 30.1 Å². The zero-order valence-electron chi connectivity index (χ0n) is 14.8. The number of rotatable bonds is 4. The predicted molar refractivity (Wildman–Crippen MR) is 97.6 cm³/mol. The molecule has 1 atom stereocenters. The number of hydrogen-bond acceptors (Lipinski definition) is 2. The molecule has 1 unspecified atom stereocenters. The van der Waals surface area contributed by atoms with Crippen molar-refractivity contribution in [2.24, 2.45) is 29.6 Å². The van der Waals surface area contributed by atoms with Gasteiger partial charge in [-0.1, -0.05) is 26.0 Å². The molecule has 2 N–H and O–H groups in total. The highest BCUT2D eigenvalue weighted by atomic mass is 15.1. The Hall–Kier alpha value is -1.35. The molecule has 128 valence electrons. The SMILES string of the molecule is CC(C)C(NC1C2CC3CC(C2)CC1C3)c1nc2ccccc2[nH]1. The van der Waals surface area contributed by atoms with Gasteiger partial charge < -0.3 is 10.3 Å². The van der Waals surface area contributed by atoms with Gasteiger partial charge in [-0.25, -0.2) is 4.98 Å². The number of hydrogen-bond donors (Lipinski definition) is 2. The van der Waals surface area contributed by atoms with Crippen LogP contribution in [0.4, 0.5) is 0 Å². The molecule has 4 aliphatic carbocycles. The van der Waals surface area contributed by atoms with Crippen LogP contribution >= 0.6 is 0 Å². The maximum Gasteiger partial charge on any atom is 0.124 e. The van der Waals surface area contributed by atoms with Crippen LogP contribution in [-0.2, 0) is 0 Å². The first-order chi connectivity index (χ1) is 11.7. The van der Waals surface area contributed by atoms with E-state index in [2.05, 4.69) is 48.4 Å². The molecule has 4 bridgehead atoms. The maximum absolute atomic E-state index is 4.90. The number of fused-ring (bicyclic) bond motifs is 1. The quantitative estimate of drug-likeness (QED) is 0.858. The van der Waals surface area contributed by atoms with Crippen molar-refractivity contribution in [3.8, 4) is 0 Å². The molecule has 1 aromatic carbocycles. The zero-order valence-corrected chi connectivity index (χ0v) is 14.8. The van der Waals surface area contributed by atoms with Gasteiger partial charge in [0.2, 0.25) is 0 Å². The summed E-state index contributed by atoms with van der Waals surface area (Å²) >= 11 is 0. The van der Waals surface area contributed by atoms with Crippen molar-refractivity contribution in [2.75, 3.05) is 0 Å². The second-order valence-electron chi connectivity index (χ2n) is 8.98. The van der Waals surface area contributed by atoms with E-state index >= 15 is 0 Å². The Labute approximate surface area is 144 Å². The molecular weight excluding hydrogens is 294 g/mol. The Morgan fingerprint density at radius 3 is 2.29 bits per heavy atom. The first kappa shape index (κ1) is 14.9. The second-order valence-corrected chi connectivity index (χ2v) is 8.98. The molecule has 0 saturated heterocycles. The molecule has 0 spiro atoms. The van der Waals surface area contributed by atoms with Crippen molar-refractivity contribution in [1.82, 2.24) is 15.3 Å². The lowest BCUT2D eigenvalue weighted by Crippen LogP contribution is -2.55. The standard InChI is InChI=1S/C21H29N3/c1-12(2)19(21-22-17-5-3-4-6-18(17)23-21)24-20-15-8-13-7-14(10-15)11-16(20)9-13/h3-6,12-16,19-20,24H,7-11H2,1-2H3,(H,22,23). The lowest BCUT2D eigenvalue weighted by atomic mass is 9.54. The average molecular weight is 323 g/mol. The number of nitrogens with one attached hydrogen (secondary N) is 2. The molecule has 3 nitrogen and oxygen atoms in total. The maximum atomic E-state index is 4.90. The summed E-state index contributed by atoms with van der Waals surface area (Å²) in [6.45, 7) is 4.64. The second kappa shape index (κ2) is 5.59. The summed E-state index contributed by atoms with van der Waals surface area (Å²) in [5.41, 5.74) is 2.25. The molecule has 0 radical (unpaired) electrons. The zero-order chi connectivity index (χ0) is 16.3. The Balaban J connectivity index is 1.42. The van der Waals surface area contributed by atoms with E-state index in [0.29, 0.717) is 18.0 Å². The van der Waals surface area contributed by atoms with E-state index < -0.39 is 0 Å². The molecule has 0 amide bonds. The minimum Gasteiger partial charge on any atom is -0.341 e. The molecule has 4 fully saturated rings. The van der Waals surface area contributed by atoms with Crippen molar-refractivity contribution >= 4 is 11.0 Å². The number of imidazole rings is 1. The van der Waals surface area contributed by atoms with E-state index in [1.807, 2.05) is 0 Å².